The molecule has 0 saturated heterocycles. The molecule has 210 valence electrons. The zero-order valence-corrected chi connectivity index (χ0v) is 22.3. The van der Waals surface area contributed by atoms with Crippen LogP contribution in [-0.4, -0.2) is 42.4 Å². The molecule has 0 spiro atoms. The quantitative estimate of drug-likeness (QED) is 0.265. The molecule has 3 aromatic carbocycles. The van der Waals surface area contributed by atoms with E-state index in [1.807, 2.05) is 18.2 Å². The number of rotatable bonds is 7. The van der Waals surface area contributed by atoms with Gasteiger partial charge in [0.25, 0.3) is 0 Å². The van der Waals surface area contributed by atoms with Crippen molar-refractivity contribution in [2.45, 2.75) is 37.5 Å². The lowest BCUT2D eigenvalue weighted by Gasteiger charge is -2.31. The van der Waals surface area contributed by atoms with Crippen LogP contribution in [0.2, 0.25) is 0 Å². The Morgan fingerprint density at radius 3 is 2.41 bits per heavy atom. The summed E-state index contributed by atoms with van der Waals surface area (Å²) in [6, 6.07) is 17.2. The molecule has 0 radical (unpaired) electrons. The predicted molar refractivity (Wildman–Crippen MR) is 147 cm³/mol. The van der Waals surface area contributed by atoms with E-state index < -0.39 is 23.2 Å². The SMILES string of the molecule is COC(=O)CCC(=O)N1CCc2cc(C3(C(=O)c4ccccc4-c4ccc(C(F)(F)F)cc4)C=CC=N3)ccc2C1. The van der Waals surface area contributed by atoms with Gasteiger partial charge in [-0.15, -0.1) is 0 Å². The van der Waals surface area contributed by atoms with Crippen LogP contribution in [0.4, 0.5) is 13.2 Å². The molecule has 0 bridgehead atoms. The van der Waals surface area contributed by atoms with Crippen molar-refractivity contribution in [1.82, 2.24) is 4.90 Å². The van der Waals surface area contributed by atoms with E-state index >= 15 is 0 Å². The van der Waals surface area contributed by atoms with Gasteiger partial charge in [0.1, 0.15) is 0 Å². The van der Waals surface area contributed by atoms with Crippen LogP contribution < -0.4 is 0 Å². The first kappa shape index (κ1) is 28.0. The highest BCUT2D eigenvalue weighted by Gasteiger charge is 2.41. The summed E-state index contributed by atoms with van der Waals surface area (Å²) in [5.41, 5.74) is 1.87. The first-order valence-electron chi connectivity index (χ1n) is 13.1. The summed E-state index contributed by atoms with van der Waals surface area (Å²) >= 11 is 0. The van der Waals surface area contributed by atoms with E-state index in [1.165, 1.54) is 19.2 Å². The fraction of sp³-hybridized carbons (Fsp3) is 0.250. The number of fused-ring (bicyclic) bond motifs is 1. The first-order chi connectivity index (χ1) is 19.6. The van der Waals surface area contributed by atoms with Crippen molar-refractivity contribution in [3.8, 4) is 11.1 Å². The van der Waals surface area contributed by atoms with Gasteiger partial charge in [0.15, 0.2) is 11.3 Å². The van der Waals surface area contributed by atoms with Gasteiger partial charge in [-0.05, 0) is 58.5 Å². The smallest absolute Gasteiger partial charge is 0.416 e. The molecular weight excluding hydrogens is 533 g/mol. The number of carbonyl (C=O) groups excluding carboxylic acids is 3. The molecular formula is C32H27F3N2O4. The topological polar surface area (TPSA) is 76.0 Å². The third kappa shape index (κ3) is 5.57. The minimum absolute atomic E-state index is 0.0283. The number of nitrogens with zero attached hydrogens (tertiary/aromatic N) is 2. The summed E-state index contributed by atoms with van der Waals surface area (Å²) in [5, 5.41) is 0. The number of allylic oxidation sites excluding steroid dienone is 1. The number of hydrogen-bond donors (Lipinski definition) is 0. The number of esters is 1. The minimum atomic E-state index is -4.46. The Balaban J connectivity index is 1.43. The van der Waals surface area contributed by atoms with Crippen LogP contribution >= 0.6 is 0 Å². The second kappa shape index (κ2) is 11.2. The molecule has 2 aliphatic rings. The van der Waals surface area contributed by atoms with E-state index in [0.717, 1.165) is 23.3 Å². The Bertz CT molecular complexity index is 1550. The summed E-state index contributed by atoms with van der Waals surface area (Å²) in [6.07, 6.45) is 1.23. The molecule has 5 rings (SSSR count). The normalized spacial score (nSPS) is 17.8. The highest BCUT2D eigenvalue weighted by Crippen LogP contribution is 2.39. The van der Waals surface area contributed by atoms with Crippen LogP contribution in [0.15, 0.2) is 83.9 Å². The molecule has 2 aliphatic heterocycles. The van der Waals surface area contributed by atoms with E-state index in [2.05, 4.69) is 9.73 Å². The fourth-order valence-corrected chi connectivity index (χ4v) is 5.27. The summed E-state index contributed by atoms with van der Waals surface area (Å²) < 4.78 is 44.0. The highest BCUT2D eigenvalue weighted by molar-refractivity contribution is 6.11. The van der Waals surface area contributed by atoms with Crippen molar-refractivity contribution in [3.63, 3.8) is 0 Å². The predicted octanol–water partition coefficient (Wildman–Crippen LogP) is 5.93. The molecule has 6 nitrogen and oxygen atoms in total. The lowest BCUT2D eigenvalue weighted by Crippen LogP contribution is -2.37. The van der Waals surface area contributed by atoms with E-state index in [4.69, 9.17) is 0 Å². The van der Waals surface area contributed by atoms with Gasteiger partial charge in [0, 0.05) is 31.3 Å². The van der Waals surface area contributed by atoms with Crippen molar-refractivity contribution in [1.29, 1.82) is 0 Å². The average Bonchev–Trinajstić information content (AvgIpc) is 3.49. The number of amides is 1. The van der Waals surface area contributed by atoms with Crippen molar-refractivity contribution in [3.05, 3.63) is 107 Å². The number of benzene rings is 3. The second-order valence-corrected chi connectivity index (χ2v) is 9.98. The Morgan fingerprint density at radius 1 is 0.976 bits per heavy atom. The minimum Gasteiger partial charge on any atom is -0.469 e. The monoisotopic (exact) mass is 560 g/mol. The summed E-state index contributed by atoms with van der Waals surface area (Å²) in [5.74, 6) is -0.853. The molecule has 41 heavy (non-hydrogen) atoms. The van der Waals surface area contributed by atoms with E-state index in [-0.39, 0.29) is 24.5 Å². The Morgan fingerprint density at radius 2 is 1.73 bits per heavy atom. The molecule has 0 aliphatic carbocycles. The number of aliphatic imine (C=N–C) groups is 1. The third-order valence-electron chi connectivity index (χ3n) is 7.52. The van der Waals surface area contributed by atoms with Crippen molar-refractivity contribution in [2.24, 2.45) is 4.99 Å². The molecule has 3 aromatic rings. The van der Waals surface area contributed by atoms with Gasteiger partial charge in [0.05, 0.1) is 19.1 Å². The lowest BCUT2D eigenvalue weighted by molar-refractivity contribution is -0.143. The van der Waals surface area contributed by atoms with Gasteiger partial charge in [-0.2, -0.15) is 13.2 Å². The maximum absolute atomic E-state index is 14.2. The first-order valence-corrected chi connectivity index (χ1v) is 13.1. The van der Waals surface area contributed by atoms with E-state index in [9.17, 15) is 27.6 Å². The number of hydrogen-bond acceptors (Lipinski definition) is 5. The molecule has 1 atom stereocenters. The number of halogens is 3. The summed E-state index contributed by atoms with van der Waals surface area (Å²) in [6.45, 7) is 0.875. The van der Waals surface area contributed by atoms with Gasteiger partial charge in [0.2, 0.25) is 5.91 Å². The van der Waals surface area contributed by atoms with Crippen LogP contribution in [0.3, 0.4) is 0 Å². The molecule has 0 saturated carbocycles. The van der Waals surface area contributed by atoms with Gasteiger partial charge in [-0.25, -0.2) is 0 Å². The standard InChI is InChI=1S/C32H27F3N2O4/c1-41-29(39)14-13-28(38)37-18-15-22-19-25(12-9-23(22)20-37)31(16-4-17-36-31)30(40)27-6-3-2-5-26(27)21-7-10-24(11-8-21)32(33,34)35/h2-12,16-17,19H,13-15,18,20H2,1H3. The lowest BCUT2D eigenvalue weighted by atomic mass is 9.80. The highest BCUT2D eigenvalue weighted by atomic mass is 19.4. The molecule has 9 heteroatoms. The molecule has 2 heterocycles. The summed E-state index contributed by atoms with van der Waals surface area (Å²) in [4.78, 5) is 44.5. The van der Waals surface area contributed by atoms with Crippen LogP contribution in [0.1, 0.15) is 45.5 Å². The molecule has 0 aromatic heterocycles. The average molecular weight is 561 g/mol. The zero-order valence-electron chi connectivity index (χ0n) is 22.3. The number of methoxy groups -OCH3 is 1. The Labute approximate surface area is 235 Å². The molecule has 1 unspecified atom stereocenters. The van der Waals surface area contributed by atoms with Gasteiger partial charge in [-0.3, -0.25) is 19.4 Å². The number of ether oxygens (including phenoxy) is 1. The van der Waals surface area contributed by atoms with Crippen molar-refractivity contribution < 1.29 is 32.3 Å². The zero-order chi connectivity index (χ0) is 29.2. The van der Waals surface area contributed by atoms with Gasteiger partial charge >= 0.3 is 12.1 Å². The van der Waals surface area contributed by atoms with Gasteiger partial charge in [-0.1, -0.05) is 54.6 Å². The van der Waals surface area contributed by atoms with E-state index in [1.54, 1.807) is 47.5 Å². The van der Waals surface area contributed by atoms with Crippen LogP contribution in [0.5, 0.6) is 0 Å². The second-order valence-electron chi connectivity index (χ2n) is 9.98. The van der Waals surface area contributed by atoms with E-state index in [0.29, 0.717) is 41.8 Å². The molecule has 1 amide bonds. The van der Waals surface area contributed by atoms with Gasteiger partial charge < -0.3 is 9.64 Å². The summed E-state index contributed by atoms with van der Waals surface area (Å²) in [7, 11) is 1.29. The molecule has 0 fully saturated rings. The fourth-order valence-electron chi connectivity index (χ4n) is 5.27. The maximum atomic E-state index is 14.2. The van der Waals surface area contributed by atoms with Crippen molar-refractivity contribution in [2.75, 3.05) is 13.7 Å². The number of Topliss-reactive ketones (excluding diaryl/α,β-unsaturated/α-hetero) is 1. The largest absolute Gasteiger partial charge is 0.469 e. The third-order valence-corrected chi connectivity index (χ3v) is 7.52. The Hall–Kier alpha value is -4.53. The Kier molecular flexibility index (Phi) is 7.62. The van der Waals surface area contributed by atoms with Crippen molar-refractivity contribution >= 4 is 23.9 Å². The van der Waals surface area contributed by atoms with Crippen LogP contribution in [-0.2, 0) is 39.0 Å². The van der Waals surface area contributed by atoms with Crippen LogP contribution in [0.25, 0.3) is 11.1 Å². The molecule has 0 N–H and O–H groups in total. The van der Waals surface area contributed by atoms with Crippen LogP contribution in [0, 0.1) is 0 Å². The maximum Gasteiger partial charge on any atom is 0.416 e. The number of ketones is 1. The number of carbonyl (C=O) groups is 3. The number of alkyl halides is 3.